The molecule has 32 heteroatoms. The van der Waals surface area contributed by atoms with E-state index in [4.69, 9.17) is 58.5 Å². The van der Waals surface area contributed by atoms with Gasteiger partial charge >= 0.3 is 0 Å². The van der Waals surface area contributed by atoms with Gasteiger partial charge in [0.1, 0.15) is 82.1 Å². The minimum Gasteiger partial charge on any atom is -0.456 e. The Morgan fingerprint density at radius 3 is 1.25 bits per heavy atom. The highest BCUT2D eigenvalue weighted by atomic mass is 35.5. The van der Waals surface area contributed by atoms with Gasteiger partial charge in [-0.3, -0.25) is 48.9 Å². The summed E-state index contributed by atoms with van der Waals surface area (Å²) in [6, 6.07) is 44.4. The molecule has 0 aliphatic heterocycles. The standard InChI is InChI=1S/C19H14ClF2N3O2.C19H16FN3O2.2C18H14ClN3O2.C16H13N3O2S/c1-19(21,22)18-4-2-3-14(25-18)8-17(26)12-5-13(20)7-15(6-12)27-16-9-23-11-24-10-16;1-12-3-4-16(23-13(12)2)8-19(24)14-5-15(20)7-17(6-14)25-18-9-21-11-22-10-18;1-12-2-13(8-20-7-12)3-18(23)14-4-15(19)6-16(5-14)24-17-9-21-11-22-10-17;1-12-3-2-4-15(22-12)8-18(23)13-5-14(19)7-16(6-13)24-17-9-20-11-21-10-17;1-11-18-16(22-19-11)9-15(20)12-4-2-5-13(8-12)21-14-6-3-7-17-10-14/h2-7,9-11H,8H2,1H3;3-7,9-11H,8H2,1-2H3;2,4-11H,3H2,1H3;2-7,9-11H,8H2,1H3;2-8,10H,9H2,1H3. The monoisotopic (exact) mass is 1720 g/mol. The summed E-state index contributed by atoms with van der Waals surface area (Å²) in [5, 5.41) is 1.87. The number of carbonyl (C=O) groups excluding carboxylic acids is 5. The quantitative estimate of drug-likeness (QED) is 0.0455. The van der Waals surface area contributed by atoms with E-state index >= 15 is 0 Å². The van der Waals surface area contributed by atoms with Crippen molar-refractivity contribution < 1.29 is 60.8 Å². The van der Waals surface area contributed by atoms with Crippen LogP contribution in [-0.2, 0) is 38.0 Å². The molecule has 10 heterocycles. The molecular weight excluding hydrogens is 1650 g/mol. The number of aromatic nitrogens is 15. The summed E-state index contributed by atoms with van der Waals surface area (Å²) < 4.78 is 72.8. The normalized spacial score (nSPS) is 10.6. The van der Waals surface area contributed by atoms with Crippen LogP contribution in [0.4, 0.5) is 13.2 Å². The number of Topliss-reactive ketones (excluding diaryl/α,β-unsaturated/α-hetero) is 5. The van der Waals surface area contributed by atoms with Crippen LogP contribution < -0.4 is 23.7 Å². The summed E-state index contributed by atoms with van der Waals surface area (Å²) in [6.07, 6.45) is 24.9. The number of hydrogen-bond acceptors (Lipinski definition) is 26. The summed E-state index contributed by atoms with van der Waals surface area (Å²) in [5.41, 5.74) is 7.97. The minimum absolute atomic E-state index is 0.00668. The van der Waals surface area contributed by atoms with Gasteiger partial charge in [0, 0.05) is 109 Å². The van der Waals surface area contributed by atoms with Gasteiger partial charge in [-0.2, -0.15) is 13.2 Å². The van der Waals surface area contributed by atoms with Gasteiger partial charge in [-0.05, 0) is 184 Å². The number of aryl methyl sites for hydroxylation is 5. The minimum atomic E-state index is -3.08. The number of carbonyl (C=O) groups is 5. The summed E-state index contributed by atoms with van der Waals surface area (Å²) in [5.74, 6) is 0.769. The van der Waals surface area contributed by atoms with Crippen molar-refractivity contribution in [3.8, 4) is 57.5 Å². The second-order valence-electron chi connectivity index (χ2n) is 26.7. The highest BCUT2D eigenvalue weighted by Crippen LogP contribution is 2.32. The Kier molecular flexibility index (Phi) is 31.5. The lowest BCUT2D eigenvalue weighted by Crippen LogP contribution is -2.12. The zero-order valence-electron chi connectivity index (χ0n) is 65.8. The zero-order valence-corrected chi connectivity index (χ0v) is 68.9. The smallest absolute Gasteiger partial charge is 0.286 e. The molecule has 0 bridgehead atoms. The van der Waals surface area contributed by atoms with Crippen LogP contribution in [0, 0.1) is 40.4 Å². The number of pyridine rings is 5. The van der Waals surface area contributed by atoms with Crippen LogP contribution in [0.3, 0.4) is 0 Å². The second kappa shape index (κ2) is 43.4. The van der Waals surface area contributed by atoms with E-state index in [1.54, 1.807) is 104 Å². The van der Waals surface area contributed by atoms with Crippen molar-refractivity contribution in [2.45, 2.75) is 79.6 Å². The average Bonchev–Trinajstić information content (AvgIpc) is 0.869. The molecule has 0 atom stereocenters. The topological polar surface area (TPSA) is 325 Å². The molecule has 0 aliphatic carbocycles. The van der Waals surface area contributed by atoms with Crippen molar-refractivity contribution in [2.75, 3.05) is 0 Å². The van der Waals surface area contributed by atoms with Crippen LogP contribution in [-0.4, -0.2) is 103 Å². The number of hydrogen-bond donors (Lipinski definition) is 0. The van der Waals surface area contributed by atoms with Crippen LogP contribution in [0.25, 0.3) is 0 Å². The van der Waals surface area contributed by atoms with Gasteiger partial charge in [-0.25, -0.2) is 49.2 Å². The third-order valence-corrected chi connectivity index (χ3v) is 18.2. The predicted molar refractivity (Wildman–Crippen MR) is 450 cm³/mol. The summed E-state index contributed by atoms with van der Waals surface area (Å²) in [4.78, 5) is 118. The van der Waals surface area contributed by atoms with E-state index in [1.165, 1.54) is 135 Å². The Morgan fingerprint density at radius 2 is 0.795 bits per heavy atom. The lowest BCUT2D eigenvalue weighted by molar-refractivity contribution is 0.0125. The Labute approximate surface area is 716 Å². The Bertz CT molecular complexity index is 5980. The lowest BCUT2D eigenvalue weighted by Gasteiger charge is -2.11. The first-order valence-electron chi connectivity index (χ1n) is 36.9. The number of nitrogens with zero attached hydrogens (tertiary/aromatic N) is 15. The number of ether oxygens (including phenoxy) is 5. The first kappa shape index (κ1) is 88.5. The molecule has 0 N–H and O–H groups in total. The van der Waals surface area contributed by atoms with Crippen molar-refractivity contribution in [2.24, 2.45) is 0 Å². The molecule has 614 valence electrons. The molecule has 0 unspecified atom stereocenters. The molecule has 10 aromatic heterocycles. The molecule has 0 saturated carbocycles. The van der Waals surface area contributed by atoms with Gasteiger partial charge < -0.3 is 23.7 Å². The molecule has 0 saturated heterocycles. The Hall–Kier alpha value is -14.3. The summed E-state index contributed by atoms with van der Waals surface area (Å²) >= 11 is 19.6. The van der Waals surface area contributed by atoms with E-state index in [1.807, 2.05) is 71.0 Å². The lowest BCUT2D eigenvalue weighted by atomic mass is 10.0. The van der Waals surface area contributed by atoms with Crippen molar-refractivity contribution in [3.63, 3.8) is 0 Å². The van der Waals surface area contributed by atoms with E-state index in [-0.39, 0.29) is 89.3 Å². The average molecular weight is 1720 g/mol. The van der Waals surface area contributed by atoms with Crippen LogP contribution in [0.1, 0.15) is 120 Å². The molecule has 15 rings (SSSR count). The van der Waals surface area contributed by atoms with Crippen molar-refractivity contribution in [1.82, 2.24) is 74.1 Å². The highest BCUT2D eigenvalue weighted by molar-refractivity contribution is 7.05. The molecule has 122 heavy (non-hydrogen) atoms. The van der Waals surface area contributed by atoms with Crippen LogP contribution in [0.2, 0.25) is 15.1 Å². The fourth-order valence-corrected chi connectivity index (χ4v) is 12.4. The largest absolute Gasteiger partial charge is 0.456 e. The third kappa shape index (κ3) is 28.5. The maximum absolute atomic E-state index is 13.9. The fraction of sp³-hybridized carbons (Fsp3) is 0.133. The molecule has 25 nitrogen and oxygen atoms in total. The van der Waals surface area contributed by atoms with E-state index in [0.29, 0.717) is 95.0 Å². The number of ketones is 5. The Balaban J connectivity index is 0.000000149. The second-order valence-corrected chi connectivity index (χ2v) is 28.9. The van der Waals surface area contributed by atoms with E-state index in [2.05, 4.69) is 74.1 Å². The van der Waals surface area contributed by atoms with Crippen LogP contribution in [0.5, 0.6) is 57.5 Å². The number of rotatable bonds is 26. The molecule has 0 aliphatic rings. The highest BCUT2D eigenvalue weighted by Gasteiger charge is 2.27. The molecule has 0 amide bonds. The first-order valence-corrected chi connectivity index (χ1v) is 38.8. The zero-order chi connectivity index (χ0) is 86.5. The first-order chi connectivity index (χ1) is 58.7. The summed E-state index contributed by atoms with van der Waals surface area (Å²) in [6.45, 7) is 10.2. The van der Waals surface area contributed by atoms with E-state index in [9.17, 15) is 37.1 Å². The molecule has 0 spiro atoms. The number of benzene rings is 5. The predicted octanol–water partition coefficient (Wildman–Crippen LogP) is 20.3. The maximum atomic E-state index is 13.9. The van der Waals surface area contributed by atoms with Crippen LogP contribution in [0.15, 0.2) is 263 Å². The van der Waals surface area contributed by atoms with Gasteiger partial charge in [-0.1, -0.05) is 71.2 Å². The third-order valence-electron chi connectivity index (χ3n) is 16.7. The van der Waals surface area contributed by atoms with Crippen LogP contribution >= 0.6 is 46.3 Å². The van der Waals surface area contributed by atoms with E-state index < -0.39 is 11.7 Å². The van der Waals surface area contributed by atoms with Gasteiger partial charge in [0.25, 0.3) is 5.92 Å². The Morgan fingerprint density at radius 1 is 0.369 bits per heavy atom. The molecule has 0 radical (unpaired) electrons. The van der Waals surface area contributed by atoms with Gasteiger partial charge in [-0.15, -0.1) is 0 Å². The van der Waals surface area contributed by atoms with Crippen molar-refractivity contribution in [1.29, 1.82) is 0 Å². The van der Waals surface area contributed by atoms with Crippen molar-refractivity contribution in [3.05, 3.63) is 374 Å². The SMILES string of the molecule is CC(F)(F)c1cccc(CC(=O)c2cc(Cl)cc(Oc3cncnc3)c2)n1.Cc1ccc(CC(=O)c2cc(F)cc(Oc3cncnc3)c2)nc1C.Cc1cccc(CC(=O)c2cc(Cl)cc(Oc3cncnc3)c2)n1.Cc1cncc(CC(=O)c2cc(Cl)cc(Oc3cncnc3)c2)c1.Cc1nsc(CC(=O)c2cccc(Oc3cccnc3)c2)n1. The molecular formula is C90H71Cl3F3N15O10S. The molecule has 15 aromatic rings. The van der Waals surface area contributed by atoms with Crippen molar-refractivity contribution >= 4 is 75.3 Å². The molecule has 0 fully saturated rings. The number of alkyl halides is 2. The van der Waals surface area contributed by atoms with Gasteiger partial charge in [0.05, 0.1) is 81.5 Å². The number of halogens is 6. The molecule has 5 aromatic carbocycles. The van der Waals surface area contributed by atoms with Gasteiger partial charge in [0.2, 0.25) is 0 Å². The fourth-order valence-electron chi connectivity index (χ4n) is 11.1. The summed E-state index contributed by atoms with van der Waals surface area (Å²) in [7, 11) is 0. The van der Waals surface area contributed by atoms with E-state index in [0.717, 1.165) is 45.7 Å². The maximum Gasteiger partial charge on any atom is 0.286 e. The van der Waals surface area contributed by atoms with Gasteiger partial charge in [0.15, 0.2) is 51.9 Å².